The summed E-state index contributed by atoms with van der Waals surface area (Å²) in [6.07, 6.45) is 2.94. The molecule has 2 rings (SSSR count). The molecule has 0 aliphatic carbocycles. The van der Waals surface area contributed by atoms with Crippen LogP contribution in [0.5, 0.6) is 0 Å². The van der Waals surface area contributed by atoms with E-state index in [1.165, 1.54) is 37.3 Å². The number of nitrogens with one attached hydrogen (secondary N) is 1. The second-order valence-electron chi connectivity index (χ2n) is 3.85. The van der Waals surface area contributed by atoms with Gasteiger partial charge in [0.2, 0.25) is 0 Å². The highest BCUT2D eigenvalue weighted by Gasteiger charge is 2.16. The van der Waals surface area contributed by atoms with Crippen molar-refractivity contribution in [3.05, 3.63) is 35.9 Å². The van der Waals surface area contributed by atoms with Gasteiger partial charge in [-0.15, -0.1) is 0 Å². The van der Waals surface area contributed by atoms with E-state index in [0.717, 1.165) is 0 Å². The fourth-order valence-corrected chi connectivity index (χ4v) is 1.59. The standard InChI is InChI=1S/C12H13N5O3/c1-14-11(18)9-5-7(3-4-15-9)17-6-8(13)10(16-17)12(19)20-2/h3-6H,13H2,1-2H3,(H,14,18). The van der Waals surface area contributed by atoms with Crippen molar-refractivity contribution >= 4 is 17.6 Å². The highest BCUT2D eigenvalue weighted by atomic mass is 16.5. The third-order valence-electron chi connectivity index (χ3n) is 2.59. The summed E-state index contributed by atoms with van der Waals surface area (Å²) in [4.78, 5) is 26.9. The van der Waals surface area contributed by atoms with Gasteiger partial charge in [0, 0.05) is 13.2 Å². The van der Waals surface area contributed by atoms with Crippen LogP contribution >= 0.6 is 0 Å². The van der Waals surface area contributed by atoms with E-state index in [1.807, 2.05) is 0 Å². The van der Waals surface area contributed by atoms with Crippen molar-refractivity contribution in [2.45, 2.75) is 0 Å². The first-order valence-corrected chi connectivity index (χ1v) is 5.68. The van der Waals surface area contributed by atoms with Crippen LogP contribution in [0.1, 0.15) is 21.0 Å². The normalized spacial score (nSPS) is 10.1. The van der Waals surface area contributed by atoms with E-state index in [9.17, 15) is 9.59 Å². The van der Waals surface area contributed by atoms with Crippen LogP contribution in [0.15, 0.2) is 24.5 Å². The smallest absolute Gasteiger partial charge is 0.360 e. The largest absolute Gasteiger partial charge is 0.464 e. The molecule has 0 radical (unpaired) electrons. The van der Waals surface area contributed by atoms with Gasteiger partial charge in [0.25, 0.3) is 5.91 Å². The maximum atomic E-state index is 11.5. The number of pyridine rings is 1. The Labute approximate surface area is 114 Å². The minimum atomic E-state index is -0.623. The number of carbonyl (C=O) groups excluding carboxylic acids is 2. The summed E-state index contributed by atoms with van der Waals surface area (Å²) >= 11 is 0. The first kappa shape index (κ1) is 13.5. The minimum Gasteiger partial charge on any atom is -0.464 e. The van der Waals surface area contributed by atoms with E-state index in [4.69, 9.17) is 5.73 Å². The van der Waals surface area contributed by atoms with Crippen molar-refractivity contribution < 1.29 is 14.3 Å². The van der Waals surface area contributed by atoms with Gasteiger partial charge in [-0.05, 0) is 12.1 Å². The number of rotatable bonds is 3. The number of nitrogens with two attached hydrogens (primary N) is 1. The molecule has 8 nitrogen and oxygen atoms in total. The van der Waals surface area contributed by atoms with Crippen molar-refractivity contribution in [2.75, 3.05) is 19.9 Å². The molecular formula is C12H13N5O3. The van der Waals surface area contributed by atoms with Gasteiger partial charge in [0.05, 0.1) is 24.7 Å². The van der Waals surface area contributed by atoms with Crippen LogP contribution in [0.3, 0.4) is 0 Å². The number of hydrogen-bond acceptors (Lipinski definition) is 6. The van der Waals surface area contributed by atoms with Crippen molar-refractivity contribution in [2.24, 2.45) is 0 Å². The van der Waals surface area contributed by atoms with E-state index in [2.05, 4.69) is 20.1 Å². The molecule has 0 saturated heterocycles. The summed E-state index contributed by atoms with van der Waals surface area (Å²) in [6, 6.07) is 3.17. The van der Waals surface area contributed by atoms with Crippen LogP contribution < -0.4 is 11.1 Å². The van der Waals surface area contributed by atoms with Crippen molar-refractivity contribution in [3.63, 3.8) is 0 Å². The number of aromatic nitrogens is 3. The molecule has 1 amide bonds. The Bertz CT molecular complexity index is 665. The molecule has 3 N–H and O–H groups in total. The number of ether oxygens (including phenoxy) is 1. The SMILES string of the molecule is CNC(=O)c1cc(-n2cc(N)c(C(=O)OC)n2)ccn1. The molecule has 2 aromatic rings. The molecule has 2 heterocycles. The summed E-state index contributed by atoms with van der Waals surface area (Å²) in [6.45, 7) is 0. The Kier molecular flexibility index (Phi) is 3.65. The van der Waals surface area contributed by atoms with E-state index in [1.54, 1.807) is 6.07 Å². The quantitative estimate of drug-likeness (QED) is 0.762. The molecule has 20 heavy (non-hydrogen) atoms. The summed E-state index contributed by atoms with van der Waals surface area (Å²) in [5.41, 5.74) is 6.70. The topological polar surface area (TPSA) is 112 Å². The van der Waals surface area contributed by atoms with Gasteiger partial charge in [-0.25, -0.2) is 9.48 Å². The molecule has 0 spiro atoms. The number of nitrogen functional groups attached to an aromatic ring is 1. The summed E-state index contributed by atoms with van der Waals surface area (Å²) in [5.74, 6) is -0.943. The molecule has 0 aliphatic rings. The van der Waals surface area contributed by atoms with E-state index in [-0.39, 0.29) is 23.0 Å². The number of nitrogens with zero attached hydrogens (tertiary/aromatic N) is 3. The number of carbonyl (C=O) groups is 2. The second-order valence-corrected chi connectivity index (χ2v) is 3.85. The maximum absolute atomic E-state index is 11.5. The number of esters is 1. The highest BCUT2D eigenvalue weighted by molar-refractivity contribution is 5.93. The molecule has 0 fully saturated rings. The van der Waals surface area contributed by atoms with Crippen LogP contribution in [0.25, 0.3) is 5.69 Å². The Morgan fingerprint density at radius 3 is 2.85 bits per heavy atom. The number of amides is 1. The lowest BCUT2D eigenvalue weighted by molar-refractivity contribution is 0.0594. The van der Waals surface area contributed by atoms with E-state index >= 15 is 0 Å². The van der Waals surface area contributed by atoms with Gasteiger partial charge in [-0.3, -0.25) is 9.78 Å². The van der Waals surface area contributed by atoms with Gasteiger partial charge >= 0.3 is 5.97 Å². The van der Waals surface area contributed by atoms with Crippen molar-refractivity contribution in [1.82, 2.24) is 20.1 Å². The van der Waals surface area contributed by atoms with Crippen molar-refractivity contribution in [3.8, 4) is 5.69 Å². The van der Waals surface area contributed by atoms with Gasteiger partial charge in [0.15, 0.2) is 5.69 Å². The fraction of sp³-hybridized carbons (Fsp3) is 0.167. The third kappa shape index (κ3) is 2.44. The van der Waals surface area contributed by atoms with Crippen molar-refractivity contribution in [1.29, 1.82) is 0 Å². The number of hydrogen-bond donors (Lipinski definition) is 2. The third-order valence-corrected chi connectivity index (χ3v) is 2.59. The zero-order valence-electron chi connectivity index (χ0n) is 11.0. The fourth-order valence-electron chi connectivity index (χ4n) is 1.59. The lowest BCUT2D eigenvalue weighted by Crippen LogP contribution is -2.19. The molecule has 2 aromatic heterocycles. The number of anilines is 1. The van der Waals surface area contributed by atoms with Gasteiger partial charge in [-0.2, -0.15) is 5.10 Å². The summed E-state index contributed by atoms with van der Waals surface area (Å²) in [5, 5.41) is 6.51. The minimum absolute atomic E-state index is 0.0193. The molecule has 0 atom stereocenters. The van der Waals surface area contributed by atoms with Crippen LogP contribution in [0, 0.1) is 0 Å². The van der Waals surface area contributed by atoms with Crippen LogP contribution in [-0.2, 0) is 4.74 Å². The first-order chi connectivity index (χ1) is 9.56. The van der Waals surface area contributed by atoms with Crippen LogP contribution in [0.4, 0.5) is 5.69 Å². The Balaban J connectivity index is 2.42. The second kappa shape index (κ2) is 5.39. The summed E-state index contributed by atoms with van der Waals surface area (Å²) < 4.78 is 5.96. The first-order valence-electron chi connectivity index (χ1n) is 5.68. The summed E-state index contributed by atoms with van der Waals surface area (Å²) in [7, 11) is 2.76. The number of methoxy groups -OCH3 is 1. The molecule has 8 heteroatoms. The lowest BCUT2D eigenvalue weighted by atomic mass is 10.3. The zero-order chi connectivity index (χ0) is 14.7. The lowest BCUT2D eigenvalue weighted by Gasteiger charge is -2.03. The van der Waals surface area contributed by atoms with E-state index in [0.29, 0.717) is 5.69 Å². The Hall–Kier alpha value is -2.90. The van der Waals surface area contributed by atoms with Crippen LogP contribution in [0.2, 0.25) is 0 Å². The average Bonchev–Trinajstić information content (AvgIpc) is 2.87. The molecule has 0 unspecified atom stereocenters. The average molecular weight is 275 g/mol. The Morgan fingerprint density at radius 1 is 1.45 bits per heavy atom. The van der Waals surface area contributed by atoms with Gasteiger partial charge in [-0.1, -0.05) is 0 Å². The molecular weight excluding hydrogens is 262 g/mol. The molecule has 0 aliphatic heterocycles. The Morgan fingerprint density at radius 2 is 2.20 bits per heavy atom. The molecule has 0 saturated carbocycles. The highest BCUT2D eigenvalue weighted by Crippen LogP contribution is 2.15. The molecule has 0 aromatic carbocycles. The molecule has 104 valence electrons. The van der Waals surface area contributed by atoms with Gasteiger partial charge < -0.3 is 15.8 Å². The predicted octanol–water partition coefficient (Wildman–Crippen LogP) is -0.00430. The maximum Gasteiger partial charge on any atom is 0.360 e. The predicted molar refractivity (Wildman–Crippen MR) is 70.5 cm³/mol. The van der Waals surface area contributed by atoms with E-state index < -0.39 is 5.97 Å². The van der Waals surface area contributed by atoms with Crippen LogP contribution in [-0.4, -0.2) is 40.8 Å². The molecule has 0 bridgehead atoms. The zero-order valence-corrected chi connectivity index (χ0v) is 11.0. The van der Waals surface area contributed by atoms with Gasteiger partial charge in [0.1, 0.15) is 5.69 Å². The monoisotopic (exact) mass is 275 g/mol.